The van der Waals surface area contributed by atoms with Gasteiger partial charge in [0.05, 0.1) is 6.04 Å². The molecule has 3 aliphatic rings. The molecule has 1 aromatic rings. The van der Waals surface area contributed by atoms with Gasteiger partial charge in [0.25, 0.3) is 5.91 Å². The number of nitrogens with one attached hydrogen (secondary N) is 1. The maximum absolute atomic E-state index is 12.8. The summed E-state index contributed by atoms with van der Waals surface area (Å²) in [6.45, 7) is 0.671. The molecule has 2 fully saturated rings. The Morgan fingerprint density at radius 2 is 1.77 bits per heavy atom. The molecule has 5 nitrogen and oxygen atoms in total. The number of hydrogen-bond donors (Lipinski definition) is 2. The van der Waals surface area contributed by atoms with Crippen molar-refractivity contribution in [1.82, 2.24) is 10.2 Å². The smallest absolute Gasteiger partial charge is 0.271 e. The lowest BCUT2D eigenvalue weighted by molar-refractivity contribution is -0.121. The number of piperidine rings is 1. The monoisotopic (exact) mass is 354 g/mol. The van der Waals surface area contributed by atoms with Crippen molar-refractivity contribution in [3.63, 3.8) is 0 Å². The van der Waals surface area contributed by atoms with Crippen molar-refractivity contribution in [3.05, 3.63) is 47.4 Å². The quantitative estimate of drug-likeness (QED) is 0.875. The van der Waals surface area contributed by atoms with Gasteiger partial charge in [0.15, 0.2) is 5.76 Å². The van der Waals surface area contributed by atoms with E-state index in [1.807, 2.05) is 11.0 Å². The van der Waals surface area contributed by atoms with Crippen molar-refractivity contribution in [1.29, 1.82) is 0 Å². The zero-order valence-corrected chi connectivity index (χ0v) is 15.0. The highest BCUT2D eigenvalue weighted by molar-refractivity contribution is 6.09. The zero-order valence-electron chi connectivity index (χ0n) is 15.0. The molecule has 0 spiro atoms. The van der Waals surface area contributed by atoms with Crippen LogP contribution in [0.15, 0.2) is 41.8 Å². The number of nitrogens with zero attached hydrogens (tertiary/aromatic N) is 1. The van der Waals surface area contributed by atoms with Crippen LogP contribution in [0.2, 0.25) is 0 Å². The van der Waals surface area contributed by atoms with Gasteiger partial charge in [-0.05, 0) is 56.4 Å². The van der Waals surface area contributed by atoms with Gasteiger partial charge in [-0.1, -0.05) is 30.3 Å². The summed E-state index contributed by atoms with van der Waals surface area (Å²) in [7, 11) is 0. The summed E-state index contributed by atoms with van der Waals surface area (Å²) in [5, 5.41) is 13.3. The minimum Gasteiger partial charge on any atom is -0.503 e. The van der Waals surface area contributed by atoms with Crippen molar-refractivity contribution >= 4 is 11.7 Å². The first-order chi connectivity index (χ1) is 12.6. The van der Waals surface area contributed by atoms with Crippen LogP contribution in [0.25, 0.3) is 0 Å². The molecule has 1 unspecified atom stereocenters. The van der Waals surface area contributed by atoms with E-state index < -0.39 is 0 Å². The van der Waals surface area contributed by atoms with E-state index in [0.717, 1.165) is 44.9 Å². The lowest BCUT2D eigenvalue weighted by Gasteiger charge is -2.33. The van der Waals surface area contributed by atoms with Crippen LogP contribution in [0.3, 0.4) is 0 Å². The van der Waals surface area contributed by atoms with Crippen LogP contribution in [0.5, 0.6) is 0 Å². The maximum atomic E-state index is 12.8. The highest BCUT2D eigenvalue weighted by Crippen LogP contribution is 2.34. The molecule has 2 heterocycles. The summed E-state index contributed by atoms with van der Waals surface area (Å²) in [6, 6.07) is 10.3. The third-order valence-corrected chi connectivity index (χ3v) is 6.10. The molecule has 4 rings (SSSR count). The minimum atomic E-state index is -0.340. The van der Waals surface area contributed by atoms with Gasteiger partial charge in [-0.3, -0.25) is 9.59 Å². The van der Waals surface area contributed by atoms with Crippen molar-refractivity contribution < 1.29 is 14.7 Å². The van der Waals surface area contributed by atoms with Crippen molar-refractivity contribution in [2.75, 3.05) is 6.54 Å². The summed E-state index contributed by atoms with van der Waals surface area (Å²) >= 11 is 0. The van der Waals surface area contributed by atoms with Crippen LogP contribution < -0.4 is 5.32 Å². The topological polar surface area (TPSA) is 69.6 Å². The summed E-state index contributed by atoms with van der Waals surface area (Å²) in [5.41, 5.74) is 1.57. The molecule has 138 valence electrons. The number of benzene rings is 1. The van der Waals surface area contributed by atoms with Gasteiger partial charge in [-0.2, -0.15) is 0 Å². The first-order valence-corrected chi connectivity index (χ1v) is 9.75. The number of amides is 1. The average molecular weight is 354 g/mol. The molecule has 0 aromatic heterocycles. The molecule has 0 radical (unpaired) electrons. The highest BCUT2D eigenvalue weighted by Gasteiger charge is 2.44. The van der Waals surface area contributed by atoms with Crippen LogP contribution in [-0.4, -0.2) is 40.3 Å². The summed E-state index contributed by atoms with van der Waals surface area (Å²) in [4.78, 5) is 26.8. The third-order valence-electron chi connectivity index (χ3n) is 6.10. The Bertz CT molecular complexity index is 720. The van der Waals surface area contributed by atoms with E-state index in [4.69, 9.17) is 0 Å². The number of aliphatic hydroxyl groups excluding tert-OH is 1. The minimum absolute atomic E-state index is 0.113. The Hall–Kier alpha value is -2.30. The van der Waals surface area contributed by atoms with Crippen LogP contribution in [-0.2, 0) is 9.59 Å². The molecular weight excluding hydrogens is 328 g/mol. The summed E-state index contributed by atoms with van der Waals surface area (Å²) < 4.78 is 0. The van der Waals surface area contributed by atoms with E-state index in [0.29, 0.717) is 12.5 Å². The number of hydrogen-bond acceptors (Lipinski definition) is 4. The predicted molar refractivity (Wildman–Crippen MR) is 98.6 cm³/mol. The van der Waals surface area contributed by atoms with E-state index in [-0.39, 0.29) is 35.2 Å². The third kappa shape index (κ3) is 3.11. The summed E-state index contributed by atoms with van der Waals surface area (Å²) in [6.07, 6.45) is 6.60. The van der Waals surface area contributed by atoms with E-state index >= 15 is 0 Å². The van der Waals surface area contributed by atoms with Gasteiger partial charge in [-0.15, -0.1) is 0 Å². The van der Waals surface area contributed by atoms with Gasteiger partial charge in [0, 0.05) is 12.6 Å². The van der Waals surface area contributed by atoms with E-state index in [2.05, 4.69) is 29.6 Å². The molecule has 5 heteroatoms. The number of aliphatic hydroxyl groups is 1. The molecule has 1 aliphatic carbocycles. The Balaban J connectivity index is 1.38. The normalized spacial score (nSPS) is 28.8. The molecule has 2 aliphatic heterocycles. The van der Waals surface area contributed by atoms with E-state index in [9.17, 15) is 14.7 Å². The maximum Gasteiger partial charge on any atom is 0.271 e. The second kappa shape index (κ2) is 7.14. The largest absolute Gasteiger partial charge is 0.503 e. The van der Waals surface area contributed by atoms with Crippen LogP contribution in [0.1, 0.15) is 56.4 Å². The van der Waals surface area contributed by atoms with Crippen molar-refractivity contribution in [3.8, 4) is 0 Å². The number of carbonyl (C=O) groups is 2. The zero-order chi connectivity index (χ0) is 18.1. The molecule has 1 atom stereocenters. The Morgan fingerprint density at radius 1 is 1.04 bits per heavy atom. The van der Waals surface area contributed by atoms with Gasteiger partial charge < -0.3 is 15.3 Å². The molecule has 2 N–H and O–H groups in total. The summed E-state index contributed by atoms with van der Waals surface area (Å²) in [5.74, 6) is -0.366. The van der Waals surface area contributed by atoms with E-state index in [1.165, 1.54) is 5.56 Å². The fraction of sp³-hybridized carbons (Fsp3) is 0.524. The molecule has 1 amide bonds. The van der Waals surface area contributed by atoms with Crippen molar-refractivity contribution in [2.45, 2.75) is 62.9 Å². The lowest BCUT2D eigenvalue weighted by Crippen LogP contribution is -2.45. The molecule has 1 saturated carbocycles. The number of rotatable bonds is 3. The van der Waals surface area contributed by atoms with Gasteiger partial charge in [0.2, 0.25) is 5.78 Å². The van der Waals surface area contributed by atoms with Crippen LogP contribution in [0, 0.1) is 0 Å². The highest BCUT2D eigenvalue weighted by atomic mass is 16.3. The SMILES string of the molecule is O=C(NC1CCC(c2ccccc2)CC1)C1=C(O)C(=O)C2CCCCN12. The second-order valence-corrected chi connectivity index (χ2v) is 7.70. The number of carbonyl (C=O) groups excluding carboxylic acids is 2. The van der Waals surface area contributed by atoms with E-state index in [1.54, 1.807) is 0 Å². The number of ketones is 1. The van der Waals surface area contributed by atoms with Crippen LogP contribution >= 0.6 is 0 Å². The number of Topliss-reactive ketones (excluding diaryl/α,β-unsaturated/α-hetero) is 1. The van der Waals surface area contributed by atoms with Gasteiger partial charge in [0.1, 0.15) is 5.70 Å². The Morgan fingerprint density at radius 3 is 2.50 bits per heavy atom. The standard InChI is InChI=1S/C21H26N2O3/c24-19-17-8-4-5-13-23(17)18(20(19)25)21(26)22-16-11-9-15(10-12-16)14-6-2-1-3-7-14/h1-3,6-7,15-17,25H,4-5,8-13H2,(H,22,26). The molecule has 0 bridgehead atoms. The fourth-order valence-electron chi connectivity index (χ4n) is 4.67. The number of fused-ring (bicyclic) bond motifs is 1. The van der Waals surface area contributed by atoms with Gasteiger partial charge in [-0.25, -0.2) is 0 Å². The molecule has 1 saturated heterocycles. The fourth-order valence-corrected chi connectivity index (χ4v) is 4.67. The Kier molecular flexibility index (Phi) is 4.70. The first kappa shape index (κ1) is 17.1. The Labute approximate surface area is 154 Å². The molecule has 26 heavy (non-hydrogen) atoms. The van der Waals surface area contributed by atoms with Crippen LogP contribution in [0.4, 0.5) is 0 Å². The van der Waals surface area contributed by atoms with Crippen molar-refractivity contribution in [2.24, 2.45) is 0 Å². The average Bonchev–Trinajstić information content (AvgIpc) is 2.94. The first-order valence-electron chi connectivity index (χ1n) is 9.75. The second-order valence-electron chi connectivity index (χ2n) is 7.70. The predicted octanol–water partition coefficient (Wildman–Crippen LogP) is 3.04. The van der Waals surface area contributed by atoms with Gasteiger partial charge >= 0.3 is 0 Å². The molecule has 1 aromatic carbocycles. The lowest BCUT2D eigenvalue weighted by atomic mass is 9.82. The molecular formula is C21H26N2O3.